The lowest BCUT2D eigenvalue weighted by molar-refractivity contribution is 0.415. The molecule has 2 N–H and O–H groups in total. The van der Waals surface area contributed by atoms with Crippen LogP contribution in [0.1, 0.15) is 5.56 Å². The van der Waals surface area contributed by atoms with Crippen LogP contribution in [0, 0.1) is 0 Å². The monoisotopic (exact) mass is 269 g/mol. The molecule has 1 aromatic carbocycles. The molecule has 0 spiro atoms. The summed E-state index contributed by atoms with van der Waals surface area (Å²) < 4.78 is 11.6. The zero-order chi connectivity index (χ0) is 10.8. The second kappa shape index (κ2) is 4.24. The molecule has 0 saturated heterocycles. The molecule has 4 heteroatoms. The molecule has 0 bridgehead atoms. The molecule has 2 rings (SSSR count). The fraction of sp³-hybridized carbons (Fsp3) is 0.273. The molecular weight excluding hydrogens is 258 g/mol. The molecule has 0 aliphatic carbocycles. The van der Waals surface area contributed by atoms with Crippen LogP contribution in [0.4, 0.5) is 0 Å². The number of methoxy groups -OCH3 is 1. The summed E-state index contributed by atoms with van der Waals surface area (Å²) in [5, 5.41) is 1.06. The Hall–Kier alpha value is -1.00. The molecule has 0 unspecified atom stereocenters. The molecule has 0 aliphatic heterocycles. The minimum atomic E-state index is 0.615. The molecule has 80 valence electrons. The topological polar surface area (TPSA) is 48.4 Å². The van der Waals surface area contributed by atoms with Gasteiger partial charge in [0.1, 0.15) is 11.3 Å². The molecule has 1 aromatic heterocycles. The molecule has 0 fully saturated rings. The molecule has 15 heavy (non-hydrogen) atoms. The number of rotatable bonds is 3. The Bertz CT molecular complexity index is 479. The van der Waals surface area contributed by atoms with Crippen molar-refractivity contribution in [3.63, 3.8) is 0 Å². The van der Waals surface area contributed by atoms with Gasteiger partial charge in [0.05, 0.1) is 17.8 Å². The molecule has 0 saturated carbocycles. The van der Waals surface area contributed by atoms with Gasteiger partial charge in [-0.3, -0.25) is 0 Å². The smallest absolute Gasteiger partial charge is 0.148 e. The van der Waals surface area contributed by atoms with E-state index in [2.05, 4.69) is 15.9 Å². The summed E-state index contributed by atoms with van der Waals surface area (Å²) in [5.74, 6) is 0.814. The van der Waals surface area contributed by atoms with E-state index in [0.717, 1.165) is 33.2 Å². The van der Waals surface area contributed by atoms with Crippen molar-refractivity contribution in [2.45, 2.75) is 6.42 Å². The lowest BCUT2D eigenvalue weighted by Crippen LogP contribution is -2.01. The molecule has 3 nitrogen and oxygen atoms in total. The Kier molecular flexibility index (Phi) is 2.98. The summed E-state index contributed by atoms with van der Waals surface area (Å²) in [5.41, 5.74) is 7.50. The average Bonchev–Trinajstić information content (AvgIpc) is 2.63. The van der Waals surface area contributed by atoms with E-state index in [1.54, 1.807) is 13.4 Å². The summed E-state index contributed by atoms with van der Waals surface area (Å²) in [6, 6.07) is 3.85. The van der Waals surface area contributed by atoms with Gasteiger partial charge in [-0.1, -0.05) is 0 Å². The third kappa shape index (κ3) is 1.87. The first-order valence-electron chi connectivity index (χ1n) is 4.70. The largest absolute Gasteiger partial charge is 0.497 e. The Morgan fingerprint density at radius 3 is 2.93 bits per heavy atom. The predicted molar refractivity (Wildman–Crippen MR) is 63.2 cm³/mol. The van der Waals surface area contributed by atoms with E-state index >= 15 is 0 Å². The van der Waals surface area contributed by atoms with Crippen LogP contribution in [0.25, 0.3) is 11.0 Å². The highest BCUT2D eigenvalue weighted by atomic mass is 79.9. The van der Waals surface area contributed by atoms with E-state index in [4.69, 9.17) is 14.9 Å². The number of hydrogen-bond donors (Lipinski definition) is 1. The van der Waals surface area contributed by atoms with Crippen LogP contribution in [0.5, 0.6) is 5.75 Å². The van der Waals surface area contributed by atoms with Crippen molar-refractivity contribution in [2.24, 2.45) is 5.73 Å². The maximum Gasteiger partial charge on any atom is 0.148 e. The highest BCUT2D eigenvalue weighted by Gasteiger charge is 2.10. The molecule has 0 atom stereocenters. The van der Waals surface area contributed by atoms with Crippen molar-refractivity contribution in [1.82, 2.24) is 0 Å². The number of fused-ring (bicyclic) bond motifs is 1. The lowest BCUT2D eigenvalue weighted by Gasteiger charge is -2.01. The van der Waals surface area contributed by atoms with Crippen LogP contribution in [-0.4, -0.2) is 13.7 Å². The SMILES string of the molecule is COc1cc(Br)c2occ(CCN)c2c1. The van der Waals surface area contributed by atoms with Gasteiger partial charge in [0.25, 0.3) is 0 Å². The van der Waals surface area contributed by atoms with E-state index in [-0.39, 0.29) is 0 Å². The van der Waals surface area contributed by atoms with Crippen LogP contribution in [0.3, 0.4) is 0 Å². The molecule has 0 aliphatic rings. The van der Waals surface area contributed by atoms with Gasteiger partial charge in [-0.15, -0.1) is 0 Å². The van der Waals surface area contributed by atoms with Crippen molar-refractivity contribution in [3.8, 4) is 5.75 Å². The summed E-state index contributed by atoms with van der Waals surface area (Å²) in [7, 11) is 1.65. The number of benzene rings is 1. The summed E-state index contributed by atoms with van der Waals surface area (Å²) in [6.45, 7) is 0.615. The van der Waals surface area contributed by atoms with Gasteiger partial charge in [-0.25, -0.2) is 0 Å². The minimum Gasteiger partial charge on any atom is -0.497 e. The normalized spacial score (nSPS) is 10.9. The van der Waals surface area contributed by atoms with E-state index in [0.29, 0.717) is 6.54 Å². The first kappa shape index (κ1) is 10.5. The lowest BCUT2D eigenvalue weighted by atomic mass is 10.1. The Morgan fingerprint density at radius 2 is 2.27 bits per heavy atom. The highest BCUT2D eigenvalue weighted by molar-refractivity contribution is 9.10. The van der Waals surface area contributed by atoms with Crippen LogP contribution in [-0.2, 0) is 6.42 Å². The first-order chi connectivity index (χ1) is 7.26. The molecule has 0 amide bonds. The Balaban J connectivity index is 2.61. The zero-order valence-electron chi connectivity index (χ0n) is 8.42. The van der Waals surface area contributed by atoms with Crippen LogP contribution >= 0.6 is 15.9 Å². The molecule has 2 aromatic rings. The minimum absolute atomic E-state index is 0.615. The van der Waals surface area contributed by atoms with E-state index in [9.17, 15) is 0 Å². The van der Waals surface area contributed by atoms with Crippen LogP contribution in [0.15, 0.2) is 27.3 Å². The molecule has 1 heterocycles. The second-order valence-electron chi connectivity index (χ2n) is 3.29. The number of furan rings is 1. The Morgan fingerprint density at radius 1 is 1.47 bits per heavy atom. The third-order valence-corrected chi connectivity index (χ3v) is 2.92. The zero-order valence-corrected chi connectivity index (χ0v) is 10.0. The van der Waals surface area contributed by atoms with Crippen LogP contribution < -0.4 is 10.5 Å². The first-order valence-corrected chi connectivity index (χ1v) is 5.49. The number of ether oxygens (including phenoxy) is 1. The van der Waals surface area contributed by atoms with Crippen molar-refractivity contribution in [1.29, 1.82) is 0 Å². The van der Waals surface area contributed by atoms with Gasteiger partial charge in [-0.05, 0) is 46.6 Å². The molecule has 0 radical (unpaired) electrons. The highest BCUT2D eigenvalue weighted by Crippen LogP contribution is 2.32. The average molecular weight is 270 g/mol. The second-order valence-corrected chi connectivity index (χ2v) is 4.14. The maximum atomic E-state index is 5.53. The number of hydrogen-bond acceptors (Lipinski definition) is 3. The van der Waals surface area contributed by atoms with Crippen LogP contribution in [0.2, 0.25) is 0 Å². The van der Waals surface area contributed by atoms with Gasteiger partial charge in [0.15, 0.2) is 0 Å². The van der Waals surface area contributed by atoms with Crippen molar-refractivity contribution in [3.05, 3.63) is 28.4 Å². The quantitative estimate of drug-likeness (QED) is 0.932. The van der Waals surface area contributed by atoms with Gasteiger partial charge in [0.2, 0.25) is 0 Å². The predicted octanol–water partition coefficient (Wildman–Crippen LogP) is 2.71. The molecular formula is C11H12BrNO2. The summed E-state index contributed by atoms with van der Waals surface area (Å²) >= 11 is 3.45. The van der Waals surface area contributed by atoms with Gasteiger partial charge >= 0.3 is 0 Å². The van der Waals surface area contributed by atoms with E-state index in [1.165, 1.54) is 0 Å². The van der Waals surface area contributed by atoms with Gasteiger partial charge in [-0.2, -0.15) is 0 Å². The number of nitrogens with two attached hydrogens (primary N) is 1. The van der Waals surface area contributed by atoms with Gasteiger partial charge in [0, 0.05) is 5.39 Å². The van der Waals surface area contributed by atoms with Crippen molar-refractivity contribution < 1.29 is 9.15 Å². The fourth-order valence-electron chi connectivity index (χ4n) is 1.59. The van der Waals surface area contributed by atoms with Crippen molar-refractivity contribution in [2.75, 3.05) is 13.7 Å². The van der Waals surface area contributed by atoms with Gasteiger partial charge < -0.3 is 14.9 Å². The Labute approximate surface area is 96.3 Å². The summed E-state index contributed by atoms with van der Waals surface area (Å²) in [4.78, 5) is 0. The summed E-state index contributed by atoms with van der Waals surface area (Å²) in [6.07, 6.45) is 2.56. The maximum absolute atomic E-state index is 5.53. The van der Waals surface area contributed by atoms with E-state index < -0.39 is 0 Å². The fourth-order valence-corrected chi connectivity index (χ4v) is 2.12. The van der Waals surface area contributed by atoms with Crippen molar-refractivity contribution >= 4 is 26.9 Å². The number of halogens is 1. The standard InChI is InChI=1S/C11H12BrNO2/c1-14-8-4-9-7(2-3-13)6-15-11(9)10(12)5-8/h4-6H,2-3,13H2,1H3. The van der Waals surface area contributed by atoms with E-state index in [1.807, 2.05) is 12.1 Å². The third-order valence-electron chi connectivity index (χ3n) is 2.33.